The van der Waals surface area contributed by atoms with Gasteiger partial charge in [-0.1, -0.05) is 24.4 Å². The molecular weight excluding hydrogens is 381 g/mol. The first-order valence-corrected chi connectivity index (χ1v) is 10.1. The molecule has 9 heteroatoms. The highest BCUT2D eigenvalue weighted by Crippen LogP contribution is 2.32. The third-order valence-electron chi connectivity index (χ3n) is 3.95. The van der Waals surface area contributed by atoms with E-state index in [-0.39, 0.29) is 22.2 Å². The highest BCUT2D eigenvalue weighted by molar-refractivity contribution is 7.92. The Morgan fingerprint density at radius 3 is 2.73 bits per heavy atom. The third-order valence-corrected chi connectivity index (χ3v) is 5.53. The molecule has 2 N–H and O–H groups in total. The molecule has 0 aliphatic heterocycles. The Morgan fingerprint density at radius 2 is 2.04 bits per heavy atom. The van der Waals surface area contributed by atoms with Crippen LogP contribution < -0.4 is 10.0 Å². The van der Waals surface area contributed by atoms with Crippen LogP contribution in [0.1, 0.15) is 29.6 Å². The third kappa shape index (κ3) is 5.15. The van der Waals surface area contributed by atoms with Crippen LogP contribution in [0.25, 0.3) is 0 Å². The highest BCUT2D eigenvalue weighted by atomic mass is 35.5. The number of carbonyl (C=O) groups excluding carboxylic acids is 1. The lowest BCUT2D eigenvalue weighted by Gasteiger charge is -2.09. The van der Waals surface area contributed by atoms with Crippen LogP contribution in [0.3, 0.4) is 0 Å². The van der Waals surface area contributed by atoms with Gasteiger partial charge in [0.1, 0.15) is 11.6 Å². The Kier molecular flexibility index (Phi) is 5.43. The zero-order valence-corrected chi connectivity index (χ0v) is 15.3. The van der Waals surface area contributed by atoms with Crippen LogP contribution >= 0.6 is 11.6 Å². The van der Waals surface area contributed by atoms with Gasteiger partial charge >= 0.3 is 0 Å². The standard InChI is InChI=1S/C17H17ClFN3O3S/c18-14-10-13(3-4-15(14)19)21-17(23)12-5-7-20-16(9-12)22-26(24,25)8-6-11-1-2-11/h3-5,7,9-11H,1-2,6,8H2,(H,20,22)(H,21,23). The van der Waals surface area contributed by atoms with Gasteiger partial charge in [-0.15, -0.1) is 0 Å². The van der Waals surface area contributed by atoms with Gasteiger partial charge in [0.05, 0.1) is 10.8 Å². The lowest BCUT2D eigenvalue weighted by molar-refractivity contribution is 0.102. The minimum Gasteiger partial charge on any atom is -0.322 e. The number of nitrogens with zero attached hydrogens (tertiary/aromatic N) is 1. The van der Waals surface area contributed by atoms with Gasteiger partial charge in [0.15, 0.2) is 0 Å². The van der Waals surface area contributed by atoms with Crippen molar-refractivity contribution in [3.63, 3.8) is 0 Å². The van der Waals surface area contributed by atoms with E-state index in [0.717, 1.165) is 18.9 Å². The van der Waals surface area contributed by atoms with Crippen LogP contribution in [0.15, 0.2) is 36.5 Å². The maximum atomic E-state index is 13.2. The molecule has 0 atom stereocenters. The number of hydrogen-bond donors (Lipinski definition) is 2. The Labute approximate surface area is 155 Å². The van der Waals surface area contributed by atoms with E-state index in [1.165, 1.54) is 30.5 Å². The second-order valence-corrected chi connectivity index (χ2v) is 8.41. The molecule has 0 spiro atoms. The number of rotatable bonds is 7. The van der Waals surface area contributed by atoms with E-state index in [1.54, 1.807) is 0 Å². The van der Waals surface area contributed by atoms with Gasteiger partial charge in [-0.3, -0.25) is 9.52 Å². The fourth-order valence-corrected chi connectivity index (χ4v) is 3.70. The molecule has 6 nitrogen and oxygen atoms in total. The first kappa shape index (κ1) is 18.6. The van der Waals surface area contributed by atoms with Crippen LogP contribution in [0, 0.1) is 11.7 Å². The molecule has 0 saturated heterocycles. The number of anilines is 2. The predicted molar refractivity (Wildman–Crippen MR) is 98.4 cm³/mol. The van der Waals surface area contributed by atoms with E-state index in [0.29, 0.717) is 18.0 Å². The van der Waals surface area contributed by atoms with E-state index in [2.05, 4.69) is 15.0 Å². The Bertz CT molecular complexity index is 933. The lowest BCUT2D eigenvalue weighted by Crippen LogP contribution is -2.19. The van der Waals surface area contributed by atoms with Crippen molar-refractivity contribution in [3.05, 3.63) is 52.9 Å². The molecule has 0 radical (unpaired) electrons. The maximum Gasteiger partial charge on any atom is 0.255 e. The van der Waals surface area contributed by atoms with Crippen molar-refractivity contribution >= 4 is 39.0 Å². The smallest absolute Gasteiger partial charge is 0.255 e. The van der Waals surface area contributed by atoms with Crippen LogP contribution in [0.2, 0.25) is 5.02 Å². The van der Waals surface area contributed by atoms with E-state index in [1.807, 2.05) is 0 Å². The summed E-state index contributed by atoms with van der Waals surface area (Å²) in [5.74, 6) is -0.473. The maximum absolute atomic E-state index is 13.2. The molecule has 3 rings (SSSR count). The number of benzene rings is 1. The van der Waals surface area contributed by atoms with Crippen molar-refractivity contribution in [1.82, 2.24) is 4.98 Å². The number of halogens is 2. The van der Waals surface area contributed by atoms with E-state index >= 15 is 0 Å². The molecule has 1 heterocycles. The summed E-state index contributed by atoms with van der Waals surface area (Å²) in [6, 6.07) is 6.60. The average Bonchev–Trinajstić information content (AvgIpc) is 3.41. The summed E-state index contributed by atoms with van der Waals surface area (Å²) in [5.41, 5.74) is 0.533. The van der Waals surface area contributed by atoms with Gasteiger partial charge < -0.3 is 5.32 Å². The Morgan fingerprint density at radius 1 is 1.27 bits per heavy atom. The fraction of sp³-hybridized carbons (Fsp3) is 0.294. The zero-order valence-electron chi connectivity index (χ0n) is 13.7. The largest absolute Gasteiger partial charge is 0.322 e. The molecule has 0 unspecified atom stereocenters. The molecule has 1 aliphatic rings. The first-order chi connectivity index (χ1) is 12.3. The number of hydrogen-bond acceptors (Lipinski definition) is 4. The number of amides is 1. The van der Waals surface area contributed by atoms with Crippen molar-refractivity contribution < 1.29 is 17.6 Å². The number of sulfonamides is 1. The van der Waals surface area contributed by atoms with Gasteiger partial charge in [-0.2, -0.15) is 0 Å². The molecule has 1 amide bonds. The van der Waals surface area contributed by atoms with Gasteiger partial charge in [-0.05, 0) is 42.7 Å². The summed E-state index contributed by atoms with van der Waals surface area (Å²) in [5, 5.41) is 2.46. The molecule has 138 valence electrons. The fourth-order valence-electron chi connectivity index (χ4n) is 2.34. The summed E-state index contributed by atoms with van der Waals surface area (Å²) >= 11 is 5.68. The second-order valence-electron chi connectivity index (χ2n) is 6.17. The Hall–Kier alpha value is -2.19. The van der Waals surface area contributed by atoms with Crippen molar-refractivity contribution in [3.8, 4) is 0 Å². The van der Waals surface area contributed by atoms with Crippen LogP contribution in [-0.2, 0) is 10.0 Å². The number of nitrogens with one attached hydrogen (secondary N) is 2. The SMILES string of the molecule is O=C(Nc1ccc(F)c(Cl)c1)c1ccnc(NS(=O)(=O)CCC2CC2)c1. The highest BCUT2D eigenvalue weighted by Gasteiger charge is 2.24. The molecule has 0 bridgehead atoms. The summed E-state index contributed by atoms with van der Waals surface area (Å²) in [7, 11) is -3.50. The summed E-state index contributed by atoms with van der Waals surface area (Å²) in [6.07, 6.45) is 4.12. The average molecular weight is 398 g/mol. The lowest BCUT2D eigenvalue weighted by atomic mass is 10.2. The van der Waals surface area contributed by atoms with Crippen LogP contribution in [0.5, 0.6) is 0 Å². The summed E-state index contributed by atoms with van der Waals surface area (Å²) < 4.78 is 39.7. The summed E-state index contributed by atoms with van der Waals surface area (Å²) in [4.78, 5) is 16.2. The van der Waals surface area contributed by atoms with Gasteiger partial charge in [0, 0.05) is 17.4 Å². The zero-order chi connectivity index (χ0) is 18.7. The quantitative estimate of drug-likeness (QED) is 0.746. The van der Waals surface area contributed by atoms with E-state index < -0.39 is 21.7 Å². The topological polar surface area (TPSA) is 88.2 Å². The number of aromatic nitrogens is 1. The first-order valence-electron chi connectivity index (χ1n) is 8.05. The monoisotopic (exact) mass is 397 g/mol. The minimum absolute atomic E-state index is 0.0316. The molecule has 1 aromatic heterocycles. The van der Waals surface area contributed by atoms with Crippen LogP contribution in [0.4, 0.5) is 15.9 Å². The molecule has 1 aromatic carbocycles. The van der Waals surface area contributed by atoms with Crippen molar-refractivity contribution in [2.45, 2.75) is 19.3 Å². The van der Waals surface area contributed by atoms with E-state index in [9.17, 15) is 17.6 Å². The number of pyridine rings is 1. The van der Waals surface area contributed by atoms with Crippen molar-refractivity contribution in [2.24, 2.45) is 5.92 Å². The normalized spacial score (nSPS) is 14.1. The molecule has 1 fully saturated rings. The molecule has 26 heavy (non-hydrogen) atoms. The van der Waals surface area contributed by atoms with Gasteiger partial charge in [0.2, 0.25) is 10.0 Å². The number of carbonyl (C=O) groups is 1. The Balaban J connectivity index is 1.67. The van der Waals surface area contributed by atoms with Gasteiger partial charge in [0.25, 0.3) is 5.91 Å². The molecular formula is C17H17ClFN3O3S. The predicted octanol–water partition coefficient (Wildman–Crippen LogP) is 3.67. The minimum atomic E-state index is -3.50. The van der Waals surface area contributed by atoms with Crippen molar-refractivity contribution in [1.29, 1.82) is 0 Å². The summed E-state index contributed by atoms with van der Waals surface area (Å²) in [6.45, 7) is 0. The van der Waals surface area contributed by atoms with Crippen molar-refractivity contribution in [2.75, 3.05) is 15.8 Å². The van der Waals surface area contributed by atoms with Crippen LogP contribution in [-0.4, -0.2) is 25.1 Å². The second kappa shape index (κ2) is 7.59. The van der Waals surface area contributed by atoms with E-state index in [4.69, 9.17) is 11.6 Å². The molecule has 1 aliphatic carbocycles. The molecule has 2 aromatic rings. The molecule has 1 saturated carbocycles. The van der Waals surface area contributed by atoms with Gasteiger partial charge in [-0.25, -0.2) is 17.8 Å².